The van der Waals surface area contributed by atoms with E-state index in [0.717, 1.165) is 4.90 Å². The van der Waals surface area contributed by atoms with Crippen molar-refractivity contribution in [3.8, 4) is 11.5 Å². The Bertz CT molecular complexity index is 1640. The van der Waals surface area contributed by atoms with Gasteiger partial charge in [-0.3, -0.25) is 14.4 Å². The van der Waals surface area contributed by atoms with Crippen LogP contribution in [0.4, 0.5) is 11.4 Å². The highest BCUT2D eigenvalue weighted by atomic mass is 35.5. The maximum atomic E-state index is 13.4. The molecule has 1 unspecified atom stereocenters. The Labute approximate surface area is 259 Å². The fourth-order valence-electron chi connectivity index (χ4n) is 3.94. The maximum absolute atomic E-state index is 13.4. The lowest BCUT2D eigenvalue weighted by molar-refractivity contribution is -0.115. The molecule has 0 spiro atoms. The number of hydrogen-bond donors (Lipinski definition) is 3. The van der Waals surface area contributed by atoms with Gasteiger partial charge in [0.15, 0.2) is 0 Å². The third-order valence-corrected chi connectivity index (χ3v) is 7.61. The van der Waals surface area contributed by atoms with Crippen molar-refractivity contribution in [2.75, 3.05) is 24.9 Å². The highest BCUT2D eigenvalue weighted by molar-refractivity contribution is 8.00. The average Bonchev–Trinajstić information content (AvgIpc) is 3.02. The van der Waals surface area contributed by atoms with Crippen LogP contribution in [0.1, 0.15) is 22.8 Å². The van der Waals surface area contributed by atoms with Crippen molar-refractivity contribution in [1.29, 1.82) is 0 Å². The zero-order chi connectivity index (χ0) is 30.8. The molecule has 220 valence electrons. The first-order valence-electron chi connectivity index (χ1n) is 13.2. The molecule has 3 amide bonds. The maximum Gasteiger partial charge on any atom is 0.272 e. The molecule has 8 nitrogen and oxygen atoms in total. The summed E-state index contributed by atoms with van der Waals surface area (Å²) < 4.78 is 10.6. The number of amides is 3. The molecule has 4 aromatic carbocycles. The Morgan fingerprint density at radius 2 is 1.58 bits per heavy atom. The minimum atomic E-state index is -0.540. The van der Waals surface area contributed by atoms with Crippen molar-refractivity contribution in [2.45, 2.75) is 17.1 Å². The van der Waals surface area contributed by atoms with Gasteiger partial charge in [-0.15, -0.1) is 11.8 Å². The number of thioether (sulfide) groups is 1. The van der Waals surface area contributed by atoms with Gasteiger partial charge in [0.05, 0.1) is 25.2 Å². The molecule has 10 heteroatoms. The molecule has 4 aromatic rings. The number of nitrogens with one attached hydrogen (secondary N) is 3. The van der Waals surface area contributed by atoms with E-state index < -0.39 is 17.1 Å². The van der Waals surface area contributed by atoms with Crippen molar-refractivity contribution in [2.24, 2.45) is 0 Å². The van der Waals surface area contributed by atoms with E-state index in [1.54, 1.807) is 105 Å². The highest BCUT2D eigenvalue weighted by Crippen LogP contribution is 2.31. The van der Waals surface area contributed by atoms with Crippen LogP contribution < -0.4 is 25.4 Å². The van der Waals surface area contributed by atoms with Gasteiger partial charge in [0.25, 0.3) is 11.8 Å². The molecule has 0 heterocycles. The second-order valence-corrected chi connectivity index (χ2v) is 11.0. The Balaban J connectivity index is 1.49. The monoisotopic (exact) mass is 615 g/mol. The molecule has 0 bridgehead atoms. The number of anilines is 2. The van der Waals surface area contributed by atoms with Crippen LogP contribution in [0.3, 0.4) is 0 Å². The van der Waals surface area contributed by atoms with Crippen LogP contribution >= 0.6 is 23.4 Å². The molecule has 1 atom stereocenters. The summed E-state index contributed by atoms with van der Waals surface area (Å²) in [5.74, 6) is -0.119. The van der Waals surface area contributed by atoms with Crippen LogP contribution in [-0.4, -0.2) is 37.2 Å². The molecule has 0 radical (unpaired) electrons. The van der Waals surface area contributed by atoms with Crippen molar-refractivity contribution >= 4 is 58.5 Å². The second kappa shape index (κ2) is 14.9. The summed E-state index contributed by atoms with van der Waals surface area (Å²) in [6, 6.07) is 27.8. The quantitative estimate of drug-likeness (QED) is 0.125. The first-order valence-corrected chi connectivity index (χ1v) is 14.5. The minimum Gasteiger partial charge on any atom is -0.497 e. The lowest BCUT2D eigenvalue weighted by Gasteiger charge is -2.16. The summed E-state index contributed by atoms with van der Waals surface area (Å²) in [6.07, 6.45) is 1.52. The Morgan fingerprint density at radius 1 is 0.837 bits per heavy atom. The summed E-state index contributed by atoms with van der Waals surface area (Å²) in [6.45, 7) is 1.78. The Hall–Kier alpha value is -4.73. The molecule has 0 fully saturated rings. The van der Waals surface area contributed by atoms with Crippen LogP contribution in [0.5, 0.6) is 11.5 Å². The van der Waals surface area contributed by atoms with Gasteiger partial charge in [-0.1, -0.05) is 54.1 Å². The average molecular weight is 616 g/mol. The summed E-state index contributed by atoms with van der Waals surface area (Å²) in [5.41, 5.74) is 1.96. The van der Waals surface area contributed by atoms with Gasteiger partial charge in [0.1, 0.15) is 17.2 Å². The predicted octanol–water partition coefficient (Wildman–Crippen LogP) is 6.89. The topological polar surface area (TPSA) is 106 Å². The van der Waals surface area contributed by atoms with Crippen LogP contribution in [-0.2, 0) is 9.59 Å². The number of benzene rings is 4. The lowest BCUT2D eigenvalue weighted by atomic mass is 10.1. The van der Waals surface area contributed by atoms with Crippen molar-refractivity contribution in [1.82, 2.24) is 5.32 Å². The van der Waals surface area contributed by atoms with E-state index in [9.17, 15) is 14.4 Å². The van der Waals surface area contributed by atoms with Gasteiger partial charge in [0.2, 0.25) is 5.91 Å². The summed E-state index contributed by atoms with van der Waals surface area (Å²) >= 11 is 7.65. The molecule has 0 saturated carbocycles. The minimum absolute atomic E-state index is 0.0139. The Morgan fingerprint density at radius 3 is 2.30 bits per heavy atom. The molecule has 0 aliphatic rings. The molecule has 43 heavy (non-hydrogen) atoms. The number of methoxy groups -OCH3 is 2. The zero-order valence-electron chi connectivity index (χ0n) is 23.7. The van der Waals surface area contributed by atoms with Gasteiger partial charge in [-0.05, 0) is 67.1 Å². The Kier molecular flexibility index (Phi) is 10.9. The normalized spacial score (nSPS) is 11.7. The second-order valence-electron chi connectivity index (χ2n) is 9.20. The summed E-state index contributed by atoms with van der Waals surface area (Å²) in [5, 5.41) is 8.38. The standard InChI is InChI=1S/C33H30ClN3O5S/c1-21(31(38)36-28-20-25(41-2)16-17-30(28)42-3)43-26-14-9-13-24(19-26)35-33(40)29(18-23-12-7-8-15-27(23)34)37-32(39)22-10-5-4-6-11-22/h4-21H,1-3H3,(H,35,40)(H,36,38)(H,37,39)/b29-18+. The number of ether oxygens (including phenoxy) is 2. The number of hydrogen-bond acceptors (Lipinski definition) is 6. The van der Waals surface area contributed by atoms with Gasteiger partial charge < -0.3 is 25.4 Å². The fraction of sp³-hybridized carbons (Fsp3) is 0.121. The predicted molar refractivity (Wildman–Crippen MR) is 172 cm³/mol. The molecule has 3 N–H and O–H groups in total. The van der Waals surface area contributed by atoms with Crippen LogP contribution in [0.2, 0.25) is 5.02 Å². The molecular formula is C33H30ClN3O5S. The number of carbonyl (C=O) groups is 3. The van der Waals surface area contributed by atoms with E-state index in [0.29, 0.717) is 39.0 Å². The van der Waals surface area contributed by atoms with Gasteiger partial charge in [0, 0.05) is 27.2 Å². The van der Waals surface area contributed by atoms with Gasteiger partial charge >= 0.3 is 0 Å². The van der Waals surface area contributed by atoms with E-state index in [2.05, 4.69) is 16.0 Å². The van der Waals surface area contributed by atoms with E-state index in [1.165, 1.54) is 24.9 Å². The van der Waals surface area contributed by atoms with Crippen molar-refractivity contribution < 1.29 is 23.9 Å². The fourth-order valence-corrected chi connectivity index (χ4v) is 5.06. The molecule has 0 aromatic heterocycles. The van der Waals surface area contributed by atoms with Crippen LogP contribution in [0.15, 0.2) is 108 Å². The number of halogens is 1. The molecule has 0 aliphatic carbocycles. The van der Waals surface area contributed by atoms with Crippen molar-refractivity contribution in [3.63, 3.8) is 0 Å². The third kappa shape index (κ3) is 8.64. The molecule has 0 saturated heterocycles. The molecule has 4 rings (SSSR count). The zero-order valence-corrected chi connectivity index (χ0v) is 25.3. The van der Waals surface area contributed by atoms with E-state index in [1.807, 2.05) is 6.07 Å². The third-order valence-electron chi connectivity index (χ3n) is 6.17. The smallest absolute Gasteiger partial charge is 0.272 e. The lowest BCUT2D eigenvalue weighted by Crippen LogP contribution is -2.30. The van der Waals surface area contributed by atoms with Gasteiger partial charge in [-0.2, -0.15) is 0 Å². The SMILES string of the molecule is COc1ccc(OC)c(NC(=O)C(C)Sc2cccc(NC(=O)/C(=C\c3ccccc3Cl)NC(=O)c3ccccc3)c2)c1. The summed E-state index contributed by atoms with van der Waals surface area (Å²) in [7, 11) is 3.07. The molecule has 0 aliphatic heterocycles. The van der Waals surface area contributed by atoms with Crippen molar-refractivity contribution in [3.05, 3.63) is 119 Å². The number of carbonyl (C=O) groups excluding carboxylic acids is 3. The first-order chi connectivity index (χ1) is 20.8. The summed E-state index contributed by atoms with van der Waals surface area (Å²) in [4.78, 5) is 40.1. The van der Waals surface area contributed by atoms with Gasteiger partial charge in [-0.25, -0.2) is 0 Å². The number of rotatable bonds is 11. The van der Waals surface area contributed by atoms with E-state index in [-0.39, 0.29) is 11.6 Å². The highest BCUT2D eigenvalue weighted by Gasteiger charge is 2.19. The molecular weight excluding hydrogens is 586 g/mol. The van der Waals surface area contributed by atoms with E-state index in [4.69, 9.17) is 21.1 Å². The van der Waals surface area contributed by atoms with E-state index >= 15 is 0 Å². The van der Waals surface area contributed by atoms with Crippen LogP contribution in [0.25, 0.3) is 6.08 Å². The largest absolute Gasteiger partial charge is 0.497 e. The first kappa shape index (κ1) is 31.2. The van der Waals surface area contributed by atoms with Crippen LogP contribution in [0, 0.1) is 0 Å².